The third-order valence-corrected chi connectivity index (χ3v) is 5.25. The molecule has 0 amide bonds. The molecule has 3 rings (SSSR count). The summed E-state index contributed by atoms with van der Waals surface area (Å²) in [5.74, 6) is 1.84. The molecule has 2 heterocycles. The minimum absolute atomic E-state index is 0.00392. The first-order valence-corrected chi connectivity index (χ1v) is 9.17. The smallest absolute Gasteiger partial charge is 0.129 e. The van der Waals surface area contributed by atoms with E-state index in [0.717, 1.165) is 56.8 Å². The van der Waals surface area contributed by atoms with Gasteiger partial charge in [0.2, 0.25) is 0 Å². The van der Waals surface area contributed by atoms with E-state index in [-0.39, 0.29) is 12.0 Å². The van der Waals surface area contributed by atoms with Crippen LogP contribution in [-0.2, 0) is 24.3 Å². The molecule has 1 saturated heterocycles. The minimum Gasteiger partial charge on any atom is -0.462 e. The number of likely N-dealkylation sites (tertiary alicyclic amines) is 1. The van der Waals surface area contributed by atoms with Crippen LogP contribution in [-0.4, -0.2) is 36.8 Å². The summed E-state index contributed by atoms with van der Waals surface area (Å²) in [5, 5.41) is 10.1. The van der Waals surface area contributed by atoms with Crippen LogP contribution in [0.3, 0.4) is 0 Å². The predicted octanol–water partition coefficient (Wildman–Crippen LogP) is 3.63. The molecule has 0 saturated carbocycles. The lowest BCUT2D eigenvalue weighted by Crippen LogP contribution is -2.45. The van der Waals surface area contributed by atoms with Crippen molar-refractivity contribution in [1.82, 2.24) is 4.90 Å². The molecule has 0 radical (unpaired) electrons. The molecule has 1 aliphatic heterocycles. The van der Waals surface area contributed by atoms with E-state index in [1.165, 1.54) is 5.56 Å². The lowest BCUT2D eigenvalue weighted by molar-refractivity contribution is 0.0195. The highest BCUT2D eigenvalue weighted by Crippen LogP contribution is 2.35. The molecule has 1 aromatic heterocycles. The summed E-state index contributed by atoms with van der Waals surface area (Å²) in [5.41, 5.74) is 1.35. The second-order valence-electron chi connectivity index (χ2n) is 7.26. The number of benzene rings is 1. The second kappa shape index (κ2) is 8.65. The summed E-state index contributed by atoms with van der Waals surface area (Å²) in [4.78, 5) is 2.42. The Labute approximate surface area is 150 Å². The van der Waals surface area contributed by atoms with Gasteiger partial charge in [0.15, 0.2) is 0 Å². The Bertz CT molecular complexity index is 640. The zero-order valence-electron chi connectivity index (χ0n) is 15.1. The summed E-state index contributed by atoms with van der Waals surface area (Å²) < 4.78 is 10.9. The van der Waals surface area contributed by atoms with Gasteiger partial charge in [-0.25, -0.2) is 0 Å². The van der Waals surface area contributed by atoms with E-state index in [4.69, 9.17) is 9.15 Å². The van der Waals surface area contributed by atoms with Crippen molar-refractivity contribution in [2.75, 3.05) is 26.8 Å². The van der Waals surface area contributed by atoms with Gasteiger partial charge >= 0.3 is 0 Å². The molecular formula is C21H29NO3. The van der Waals surface area contributed by atoms with Crippen LogP contribution in [0.15, 0.2) is 46.9 Å². The van der Waals surface area contributed by atoms with E-state index in [2.05, 4.69) is 35.2 Å². The van der Waals surface area contributed by atoms with Crippen molar-refractivity contribution in [3.8, 4) is 0 Å². The first kappa shape index (κ1) is 18.2. The lowest BCUT2D eigenvalue weighted by atomic mass is 9.76. The van der Waals surface area contributed by atoms with E-state index < -0.39 is 0 Å². The number of furan rings is 1. The lowest BCUT2D eigenvalue weighted by Gasteiger charge is -2.41. The van der Waals surface area contributed by atoms with Crippen LogP contribution >= 0.6 is 0 Å². The molecule has 4 heteroatoms. The predicted molar refractivity (Wildman–Crippen MR) is 98.2 cm³/mol. The fourth-order valence-corrected chi connectivity index (χ4v) is 3.86. The Morgan fingerprint density at radius 1 is 1.16 bits per heavy atom. The van der Waals surface area contributed by atoms with Crippen LogP contribution in [0.2, 0.25) is 0 Å². The van der Waals surface area contributed by atoms with E-state index in [0.29, 0.717) is 6.61 Å². The molecule has 1 fully saturated rings. The molecule has 0 aliphatic carbocycles. The first-order valence-electron chi connectivity index (χ1n) is 9.17. The van der Waals surface area contributed by atoms with E-state index in [9.17, 15) is 5.11 Å². The summed E-state index contributed by atoms with van der Waals surface area (Å²) in [6, 6.07) is 14.6. The van der Waals surface area contributed by atoms with Crippen molar-refractivity contribution < 1.29 is 14.3 Å². The number of hydrogen-bond donors (Lipinski definition) is 1. The van der Waals surface area contributed by atoms with Gasteiger partial charge in [0.25, 0.3) is 0 Å². The molecule has 136 valence electrons. The van der Waals surface area contributed by atoms with Gasteiger partial charge < -0.3 is 14.3 Å². The SMILES string of the molecule is COCc1ccc(CN2CCC[C@](CO)(CCc3ccccc3)C2)o1. The molecule has 1 aromatic carbocycles. The second-order valence-corrected chi connectivity index (χ2v) is 7.26. The topological polar surface area (TPSA) is 45.8 Å². The number of nitrogens with zero attached hydrogens (tertiary/aromatic N) is 1. The maximum Gasteiger partial charge on any atom is 0.129 e. The van der Waals surface area contributed by atoms with Gasteiger partial charge in [-0.3, -0.25) is 4.90 Å². The number of rotatable bonds is 8. The van der Waals surface area contributed by atoms with Crippen molar-refractivity contribution in [3.05, 3.63) is 59.5 Å². The molecule has 0 spiro atoms. The Morgan fingerprint density at radius 2 is 1.96 bits per heavy atom. The number of aliphatic hydroxyl groups is 1. The molecule has 0 bridgehead atoms. The number of methoxy groups -OCH3 is 1. The van der Waals surface area contributed by atoms with Crippen molar-refractivity contribution in [2.24, 2.45) is 5.41 Å². The normalized spacial score (nSPS) is 21.5. The Kier molecular flexibility index (Phi) is 6.29. The Morgan fingerprint density at radius 3 is 2.72 bits per heavy atom. The highest BCUT2D eigenvalue weighted by atomic mass is 16.5. The van der Waals surface area contributed by atoms with Crippen LogP contribution in [0.1, 0.15) is 36.3 Å². The van der Waals surface area contributed by atoms with Crippen molar-refractivity contribution in [1.29, 1.82) is 0 Å². The van der Waals surface area contributed by atoms with Gasteiger partial charge in [0.05, 0.1) is 6.54 Å². The van der Waals surface area contributed by atoms with Gasteiger partial charge in [-0.05, 0) is 49.9 Å². The average Bonchev–Trinajstić information content (AvgIpc) is 3.08. The highest BCUT2D eigenvalue weighted by molar-refractivity contribution is 5.15. The number of aryl methyl sites for hydroxylation is 1. The largest absolute Gasteiger partial charge is 0.462 e. The molecular weight excluding hydrogens is 314 g/mol. The third-order valence-electron chi connectivity index (χ3n) is 5.25. The van der Waals surface area contributed by atoms with Crippen molar-refractivity contribution >= 4 is 0 Å². The monoisotopic (exact) mass is 343 g/mol. The molecule has 0 unspecified atom stereocenters. The van der Waals surface area contributed by atoms with Crippen LogP contribution < -0.4 is 0 Å². The summed E-state index contributed by atoms with van der Waals surface area (Å²) in [7, 11) is 1.68. The quantitative estimate of drug-likeness (QED) is 0.795. The summed E-state index contributed by atoms with van der Waals surface area (Å²) in [6.45, 7) is 3.56. The first-order chi connectivity index (χ1) is 12.2. The average molecular weight is 343 g/mol. The maximum atomic E-state index is 10.1. The third kappa shape index (κ3) is 4.94. The van der Waals surface area contributed by atoms with Crippen LogP contribution in [0.4, 0.5) is 0 Å². The van der Waals surface area contributed by atoms with Crippen molar-refractivity contribution in [2.45, 2.75) is 38.8 Å². The molecule has 2 aromatic rings. The summed E-state index contributed by atoms with van der Waals surface area (Å²) in [6.07, 6.45) is 4.27. The van der Waals surface area contributed by atoms with Gasteiger partial charge in [-0.1, -0.05) is 30.3 Å². The van der Waals surface area contributed by atoms with Crippen molar-refractivity contribution in [3.63, 3.8) is 0 Å². The van der Waals surface area contributed by atoms with Crippen LogP contribution in [0, 0.1) is 5.41 Å². The maximum absolute atomic E-state index is 10.1. The Balaban J connectivity index is 1.59. The number of ether oxygens (including phenoxy) is 1. The van der Waals surface area contributed by atoms with E-state index >= 15 is 0 Å². The minimum atomic E-state index is -0.00392. The number of aliphatic hydroxyl groups excluding tert-OH is 1. The van der Waals surface area contributed by atoms with Gasteiger partial charge in [-0.15, -0.1) is 0 Å². The zero-order valence-corrected chi connectivity index (χ0v) is 15.1. The molecule has 1 atom stereocenters. The van der Waals surface area contributed by atoms with E-state index in [1.807, 2.05) is 12.1 Å². The number of hydrogen-bond acceptors (Lipinski definition) is 4. The Hall–Kier alpha value is -1.62. The summed E-state index contributed by atoms with van der Waals surface area (Å²) >= 11 is 0. The van der Waals surface area contributed by atoms with Crippen LogP contribution in [0.25, 0.3) is 0 Å². The highest BCUT2D eigenvalue weighted by Gasteiger charge is 2.34. The molecule has 25 heavy (non-hydrogen) atoms. The van der Waals surface area contributed by atoms with Crippen LogP contribution in [0.5, 0.6) is 0 Å². The molecule has 1 N–H and O–H groups in total. The molecule has 4 nitrogen and oxygen atoms in total. The van der Waals surface area contributed by atoms with Gasteiger partial charge in [-0.2, -0.15) is 0 Å². The fourth-order valence-electron chi connectivity index (χ4n) is 3.86. The number of piperidine rings is 1. The standard InChI is InChI=1S/C21H29NO3/c1-24-15-20-9-8-19(25-20)14-22-13-5-11-21(16-22,17-23)12-10-18-6-3-2-4-7-18/h2-4,6-9,23H,5,10-17H2,1H3/t21-/m0/s1. The molecule has 1 aliphatic rings. The van der Waals surface area contributed by atoms with Gasteiger partial charge in [0.1, 0.15) is 18.1 Å². The van der Waals surface area contributed by atoms with E-state index in [1.54, 1.807) is 7.11 Å². The van der Waals surface area contributed by atoms with Gasteiger partial charge in [0, 0.05) is 25.7 Å². The zero-order chi connectivity index (χ0) is 17.5. The fraction of sp³-hybridized carbons (Fsp3) is 0.524.